The zero-order valence-electron chi connectivity index (χ0n) is 13.2. The Kier molecular flexibility index (Phi) is 4.90. The van der Waals surface area contributed by atoms with Crippen molar-refractivity contribution in [3.05, 3.63) is 29.3 Å². The lowest BCUT2D eigenvalue weighted by molar-refractivity contribution is -0.147. The van der Waals surface area contributed by atoms with Gasteiger partial charge in [0.05, 0.1) is 10.5 Å². The van der Waals surface area contributed by atoms with Crippen LogP contribution in [-0.2, 0) is 14.4 Å². The van der Waals surface area contributed by atoms with Gasteiger partial charge >= 0.3 is 0 Å². The molecule has 0 aliphatic carbocycles. The molecular formula is C16H20N2O3S. The second-order valence-electron chi connectivity index (χ2n) is 5.55. The molecule has 0 spiro atoms. The SMILES string of the molecule is Cc1ccc(NC(=O)CN2C(=O)C(C)SC(C)C2=O)c(C)c1. The Balaban J connectivity index is 2.07. The Labute approximate surface area is 134 Å². The van der Waals surface area contributed by atoms with Crippen LogP contribution in [0.5, 0.6) is 0 Å². The largest absolute Gasteiger partial charge is 0.324 e. The molecule has 1 aromatic carbocycles. The van der Waals surface area contributed by atoms with E-state index in [1.54, 1.807) is 13.8 Å². The Hall–Kier alpha value is -1.82. The van der Waals surface area contributed by atoms with Gasteiger partial charge in [-0.3, -0.25) is 19.3 Å². The summed E-state index contributed by atoms with van der Waals surface area (Å²) in [7, 11) is 0. The molecule has 118 valence electrons. The molecule has 1 aliphatic rings. The van der Waals surface area contributed by atoms with Gasteiger partial charge < -0.3 is 5.32 Å². The zero-order valence-corrected chi connectivity index (χ0v) is 14.0. The smallest absolute Gasteiger partial charge is 0.244 e. The first-order valence-corrected chi connectivity index (χ1v) is 8.11. The number of thioether (sulfide) groups is 1. The van der Waals surface area contributed by atoms with E-state index in [1.165, 1.54) is 11.8 Å². The van der Waals surface area contributed by atoms with Crippen LogP contribution in [0.1, 0.15) is 25.0 Å². The van der Waals surface area contributed by atoms with Crippen molar-refractivity contribution in [3.8, 4) is 0 Å². The topological polar surface area (TPSA) is 66.5 Å². The predicted molar refractivity (Wildman–Crippen MR) is 87.8 cm³/mol. The third-order valence-corrected chi connectivity index (χ3v) is 4.81. The molecule has 0 saturated carbocycles. The summed E-state index contributed by atoms with van der Waals surface area (Å²) in [5.41, 5.74) is 2.75. The maximum Gasteiger partial charge on any atom is 0.244 e. The fraction of sp³-hybridized carbons (Fsp3) is 0.438. The van der Waals surface area contributed by atoms with Crippen molar-refractivity contribution in [2.24, 2.45) is 0 Å². The van der Waals surface area contributed by atoms with Crippen LogP contribution < -0.4 is 5.32 Å². The van der Waals surface area contributed by atoms with E-state index in [1.807, 2.05) is 32.0 Å². The molecule has 1 fully saturated rings. The Morgan fingerprint density at radius 1 is 1.18 bits per heavy atom. The molecule has 3 amide bonds. The molecule has 1 heterocycles. The molecule has 1 saturated heterocycles. The fourth-order valence-corrected chi connectivity index (χ4v) is 3.51. The predicted octanol–water partition coefficient (Wildman–Crippen LogP) is 2.12. The third-order valence-electron chi connectivity index (χ3n) is 3.59. The summed E-state index contributed by atoms with van der Waals surface area (Å²) in [6.07, 6.45) is 0. The van der Waals surface area contributed by atoms with Gasteiger partial charge in [-0.1, -0.05) is 17.7 Å². The van der Waals surface area contributed by atoms with Crippen LogP contribution in [0.25, 0.3) is 0 Å². The fourth-order valence-electron chi connectivity index (χ4n) is 2.41. The van der Waals surface area contributed by atoms with Gasteiger partial charge in [-0.2, -0.15) is 0 Å². The molecule has 0 radical (unpaired) electrons. The van der Waals surface area contributed by atoms with Gasteiger partial charge in [-0.25, -0.2) is 0 Å². The first kappa shape index (κ1) is 16.5. The first-order valence-electron chi connectivity index (χ1n) is 7.17. The molecule has 0 bridgehead atoms. The zero-order chi connectivity index (χ0) is 16.4. The lowest BCUT2D eigenvalue weighted by atomic mass is 10.1. The van der Waals surface area contributed by atoms with Crippen LogP contribution in [0, 0.1) is 13.8 Å². The van der Waals surface area contributed by atoms with Gasteiger partial charge in [0.1, 0.15) is 6.54 Å². The van der Waals surface area contributed by atoms with E-state index in [0.29, 0.717) is 5.69 Å². The molecule has 0 aromatic heterocycles. The number of imide groups is 1. The Morgan fingerprint density at radius 3 is 2.32 bits per heavy atom. The summed E-state index contributed by atoms with van der Waals surface area (Å²) >= 11 is 1.32. The average Bonchev–Trinajstić information content (AvgIpc) is 2.44. The van der Waals surface area contributed by atoms with E-state index >= 15 is 0 Å². The number of benzene rings is 1. The number of carbonyl (C=O) groups excluding carboxylic acids is 3. The molecule has 6 heteroatoms. The minimum absolute atomic E-state index is 0.236. The second-order valence-corrected chi connectivity index (χ2v) is 7.24. The number of amides is 3. The number of hydrogen-bond donors (Lipinski definition) is 1. The van der Waals surface area contributed by atoms with Crippen LogP contribution in [0.2, 0.25) is 0 Å². The molecule has 2 atom stereocenters. The van der Waals surface area contributed by atoms with Crippen LogP contribution in [0.3, 0.4) is 0 Å². The average molecular weight is 320 g/mol. The van der Waals surface area contributed by atoms with E-state index < -0.39 is 0 Å². The third kappa shape index (κ3) is 3.50. The van der Waals surface area contributed by atoms with Gasteiger partial charge in [0.25, 0.3) is 0 Å². The van der Waals surface area contributed by atoms with Crippen molar-refractivity contribution in [1.82, 2.24) is 4.90 Å². The van der Waals surface area contributed by atoms with Crippen molar-refractivity contribution in [2.75, 3.05) is 11.9 Å². The van der Waals surface area contributed by atoms with Crippen LogP contribution in [0.15, 0.2) is 18.2 Å². The number of anilines is 1. The quantitative estimate of drug-likeness (QED) is 0.866. The van der Waals surface area contributed by atoms with E-state index in [4.69, 9.17) is 0 Å². The number of aryl methyl sites for hydroxylation is 2. The van der Waals surface area contributed by atoms with Crippen LogP contribution in [0.4, 0.5) is 5.69 Å². The number of rotatable bonds is 3. The number of nitrogens with one attached hydrogen (secondary N) is 1. The van der Waals surface area contributed by atoms with Crippen LogP contribution in [-0.4, -0.2) is 39.7 Å². The summed E-state index contributed by atoms with van der Waals surface area (Å²) < 4.78 is 0. The van der Waals surface area contributed by atoms with E-state index in [9.17, 15) is 14.4 Å². The molecule has 2 unspecified atom stereocenters. The summed E-state index contributed by atoms with van der Waals surface area (Å²) in [5, 5.41) is 2.16. The van der Waals surface area contributed by atoms with Crippen molar-refractivity contribution in [1.29, 1.82) is 0 Å². The second kappa shape index (κ2) is 6.52. The molecule has 22 heavy (non-hydrogen) atoms. The van der Waals surface area contributed by atoms with Gasteiger partial charge in [0.15, 0.2) is 0 Å². The summed E-state index contributed by atoms with van der Waals surface area (Å²) in [6, 6.07) is 5.69. The van der Waals surface area contributed by atoms with Gasteiger partial charge in [0.2, 0.25) is 17.7 Å². The minimum atomic E-state index is -0.361. The highest BCUT2D eigenvalue weighted by molar-refractivity contribution is 8.02. The lowest BCUT2D eigenvalue weighted by Gasteiger charge is -2.31. The Morgan fingerprint density at radius 2 is 1.77 bits per heavy atom. The summed E-state index contributed by atoms with van der Waals surface area (Å²) in [5.74, 6) is -0.965. The number of carbonyl (C=O) groups is 3. The molecule has 1 aromatic rings. The molecule has 1 N–H and O–H groups in total. The van der Waals surface area contributed by atoms with Crippen molar-refractivity contribution in [2.45, 2.75) is 38.2 Å². The van der Waals surface area contributed by atoms with Gasteiger partial charge in [0, 0.05) is 5.69 Å². The molecule has 1 aliphatic heterocycles. The van der Waals surface area contributed by atoms with E-state index in [-0.39, 0.29) is 34.8 Å². The first-order chi connectivity index (χ1) is 10.3. The standard InChI is InChI=1S/C16H20N2O3S/c1-9-5-6-13(10(2)7-9)17-14(19)8-18-15(20)11(3)22-12(4)16(18)21/h5-7,11-12H,8H2,1-4H3,(H,17,19). The maximum atomic E-state index is 12.2. The van der Waals surface area contributed by atoms with E-state index in [2.05, 4.69) is 5.32 Å². The van der Waals surface area contributed by atoms with Gasteiger partial charge in [-0.05, 0) is 39.3 Å². The van der Waals surface area contributed by atoms with Crippen LogP contribution >= 0.6 is 11.8 Å². The lowest BCUT2D eigenvalue weighted by Crippen LogP contribution is -2.52. The highest BCUT2D eigenvalue weighted by Gasteiger charge is 2.37. The number of nitrogens with zero attached hydrogens (tertiary/aromatic N) is 1. The van der Waals surface area contributed by atoms with Crippen molar-refractivity contribution < 1.29 is 14.4 Å². The van der Waals surface area contributed by atoms with Crippen molar-refractivity contribution >= 4 is 35.2 Å². The Bertz CT molecular complexity index is 610. The monoisotopic (exact) mass is 320 g/mol. The maximum absolute atomic E-state index is 12.2. The summed E-state index contributed by atoms with van der Waals surface area (Å²) in [4.78, 5) is 37.4. The minimum Gasteiger partial charge on any atom is -0.324 e. The molecule has 5 nitrogen and oxygen atoms in total. The highest BCUT2D eigenvalue weighted by atomic mass is 32.2. The molecule has 2 rings (SSSR count). The van der Waals surface area contributed by atoms with E-state index in [0.717, 1.165) is 16.0 Å². The number of hydrogen-bond acceptors (Lipinski definition) is 4. The normalized spacial score (nSPS) is 21.9. The van der Waals surface area contributed by atoms with Crippen molar-refractivity contribution in [3.63, 3.8) is 0 Å². The van der Waals surface area contributed by atoms with Gasteiger partial charge in [-0.15, -0.1) is 11.8 Å². The molecular weight excluding hydrogens is 300 g/mol. The summed E-state index contributed by atoms with van der Waals surface area (Å²) in [6.45, 7) is 7.15. The highest BCUT2D eigenvalue weighted by Crippen LogP contribution is 2.27.